The highest BCUT2D eigenvalue weighted by atomic mass is 32.2. The maximum absolute atomic E-state index is 12.5. The van der Waals surface area contributed by atoms with Crippen LogP contribution in [0.4, 0.5) is 8.78 Å². The van der Waals surface area contributed by atoms with E-state index in [9.17, 15) is 22.0 Å². The van der Waals surface area contributed by atoms with Gasteiger partial charge in [0, 0.05) is 0 Å². The lowest BCUT2D eigenvalue weighted by Gasteiger charge is -2.15. The van der Waals surface area contributed by atoms with E-state index in [1.807, 2.05) is 0 Å². The van der Waals surface area contributed by atoms with E-state index >= 15 is 0 Å². The predicted octanol–water partition coefficient (Wildman–Crippen LogP) is 2.26. The lowest BCUT2D eigenvalue weighted by molar-refractivity contribution is -0.138. The number of carboxylic acids is 1. The molecule has 100 valence electrons. The summed E-state index contributed by atoms with van der Waals surface area (Å²) in [6, 6.07) is 4.96. The molecule has 1 aromatic rings. The molecule has 0 fully saturated rings. The first-order valence-electron chi connectivity index (χ1n) is 5.16. The van der Waals surface area contributed by atoms with Gasteiger partial charge < -0.3 is 5.11 Å². The number of halogens is 2. The third kappa shape index (κ3) is 2.66. The molecule has 0 aliphatic heterocycles. The number of carbonyl (C=O) groups is 1. The van der Waals surface area contributed by atoms with Crippen molar-refractivity contribution >= 4 is 15.8 Å². The van der Waals surface area contributed by atoms with Crippen LogP contribution in [0.1, 0.15) is 24.8 Å². The number of hydrogen-bond acceptors (Lipinski definition) is 3. The van der Waals surface area contributed by atoms with Crippen LogP contribution in [0.2, 0.25) is 0 Å². The standard InChI is InChI=1S/C11H12F2O4S/c1-2-7(10(14)15)8-5-3-4-6-9(8)18(16,17)11(12)13/h3-7,11H,2H2,1H3,(H,14,15). The van der Waals surface area contributed by atoms with Gasteiger partial charge in [0.25, 0.3) is 0 Å². The number of carboxylic acid groups (broad SMARTS) is 1. The molecule has 1 N–H and O–H groups in total. The first-order chi connectivity index (χ1) is 8.32. The summed E-state index contributed by atoms with van der Waals surface area (Å²) >= 11 is 0. The second-order valence-electron chi connectivity index (χ2n) is 3.64. The van der Waals surface area contributed by atoms with Crippen LogP contribution in [0.3, 0.4) is 0 Å². The number of aliphatic carboxylic acids is 1. The smallest absolute Gasteiger partial charge is 0.341 e. The molecule has 4 nitrogen and oxygen atoms in total. The van der Waals surface area contributed by atoms with Crippen molar-refractivity contribution < 1.29 is 27.1 Å². The highest BCUT2D eigenvalue weighted by Crippen LogP contribution is 2.29. The van der Waals surface area contributed by atoms with Gasteiger partial charge in [-0.05, 0) is 18.1 Å². The topological polar surface area (TPSA) is 71.4 Å². The molecule has 0 saturated carbocycles. The second-order valence-corrected chi connectivity index (χ2v) is 5.53. The fraction of sp³-hybridized carbons (Fsp3) is 0.364. The average Bonchev–Trinajstić information content (AvgIpc) is 2.29. The van der Waals surface area contributed by atoms with Gasteiger partial charge in [0.1, 0.15) is 0 Å². The Balaban J connectivity index is 3.44. The van der Waals surface area contributed by atoms with Crippen LogP contribution in [-0.4, -0.2) is 25.3 Å². The number of rotatable bonds is 5. The Morgan fingerprint density at radius 3 is 2.33 bits per heavy atom. The molecule has 1 rings (SSSR count). The summed E-state index contributed by atoms with van der Waals surface area (Å²) in [6.45, 7) is 1.55. The van der Waals surface area contributed by atoms with Crippen LogP contribution in [0.5, 0.6) is 0 Å². The highest BCUT2D eigenvalue weighted by Gasteiger charge is 2.32. The van der Waals surface area contributed by atoms with Crippen LogP contribution >= 0.6 is 0 Å². The van der Waals surface area contributed by atoms with Crippen molar-refractivity contribution in [1.82, 2.24) is 0 Å². The molecule has 1 aromatic carbocycles. The predicted molar refractivity (Wildman–Crippen MR) is 60.3 cm³/mol. The first kappa shape index (κ1) is 14.6. The summed E-state index contributed by atoms with van der Waals surface area (Å²) in [6.07, 6.45) is 0.116. The van der Waals surface area contributed by atoms with Gasteiger partial charge in [0.05, 0.1) is 10.8 Å². The molecule has 0 aliphatic rings. The minimum Gasteiger partial charge on any atom is -0.481 e. The number of benzene rings is 1. The van der Waals surface area contributed by atoms with Crippen molar-refractivity contribution in [3.8, 4) is 0 Å². The van der Waals surface area contributed by atoms with Gasteiger partial charge in [0.15, 0.2) is 0 Å². The molecule has 0 bridgehead atoms. The molecule has 1 atom stereocenters. The van der Waals surface area contributed by atoms with E-state index in [0.717, 1.165) is 6.07 Å². The lowest BCUT2D eigenvalue weighted by Crippen LogP contribution is -2.18. The molecular formula is C11H12F2O4S. The van der Waals surface area contributed by atoms with Gasteiger partial charge in [-0.3, -0.25) is 4.79 Å². The van der Waals surface area contributed by atoms with Crippen LogP contribution < -0.4 is 0 Å². The van der Waals surface area contributed by atoms with Crippen LogP contribution in [0.25, 0.3) is 0 Å². The molecule has 0 radical (unpaired) electrons. The third-order valence-corrected chi connectivity index (χ3v) is 4.00. The maximum Gasteiger partial charge on any atom is 0.341 e. The van der Waals surface area contributed by atoms with Gasteiger partial charge in [0.2, 0.25) is 9.84 Å². The summed E-state index contributed by atoms with van der Waals surface area (Å²) in [7, 11) is -4.79. The Bertz CT molecular complexity index is 540. The lowest BCUT2D eigenvalue weighted by atomic mass is 9.97. The summed E-state index contributed by atoms with van der Waals surface area (Å²) in [5, 5.41) is 8.97. The Labute approximate surface area is 103 Å². The summed E-state index contributed by atoms with van der Waals surface area (Å²) in [4.78, 5) is 10.4. The minimum absolute atomic E-state index is 0.104. The Hall–Kier alpha value is -1.50. The molecule has 18 heavy (non-hydrogen) atoms. The van der Waals surface area contributed by atoms with Crippen molar-refractivity contribution in [2.24, 2.45) is 0 Å². The van der Waals surface area contributed by atoms with Gasteiger partial charge >= 0.3 is 11.7 Å². The fourth-order valence-electron chi connectivity index (χ4n) is 1.65. The largest absolute Gasteiger partial charge is 0.481 e. The SMILES string of the molecule is CCC(C(=O)O)c1ccccc1S(=O)(=O)C(F)F. The van der Waals surface area contributed by atoms with E-state index in [2.05, 4.69) is 0 Å². The van der Waals surface area contributed by atoms with E-state index in [1.165, 1.54) is 18.2 Å². The van der Waals surface area contributed by atoms with Gasteiger partial charge in [-0.25, -0.2) is 8.42 Å². The molecule has 0 amide bonds. The van der Waals surface area contributed by atoms with Gasteiger partial charge in [-0.2, -0.15) is 8.78 Å². The Kier molecular flexibility index (Phi) is 4.39. The average molecular weight is 278 g/mol. The van der Waals surface area contributed by atoms with Crippen molar-refractivity contribution in [3.05, 3.63) is 29.8 Å². The van der Waals surface area contributed by atoms with Crippen LogP contribution in [0.15, 0.2) is 29.2 Å². The minimum atomic E-state index is -4.79. The zero-order chi connectivity index (χ0) is 13.9. The number of hydrogen-bond donors (Lipinski definition) is 1. The first-order valence-corrected chi connectivity index (χ1v) is 6.70. The summed E-state index contributed by atoms with van der Waals surface area (Å²) in [5.41, 5.74) is -0.104. The molecule has 0 aliphatic carbocycles. The van der Waals surface area contributed by atoms with Crippen LogP contribution in [-0.2, 0) is 14.6 Å². The van der Waals surface area contributed by atoms with E-state index in [-0.39, 0.29) is 12.0 Å². The van der Waals surface area contributed by atoms with Crippen molar-refractivity contribution in [3.63, 3.8) is 0 Å². The quantitative estimate of drug-likeness (QED) is 0.896. The number of alkyl halides is 2. The molecule has 0 spiro atoms. The van der Waals surface area contributed by atoms with E-state index < -0.39 is 32.4 Å². The van der Waals surface area contributed by atoms with Crippen molar-refractivity contribution in [1.29, 1.82) is 0 Å². The molecule has 7 heteroatoms. The van der Waals surface area contributed by atoms with Gasteiger partial charge in [-0.15, -0.1) is 0 Å². The van der Waals surface area contributed by atoms with Crippen LogP contribution in [0, 0.1) is 0 Å². The fourth-order valence-corrected chi connectivity index (χ4v) is 2.65. The zero-order valence-corrected chi connectivity index (χ0v) is 10.3. The van der Waals surface area contributed by atoms with Gasteiger partial charge in [-0.1, -0.05) is 25.1 Å². The van der Waals surface area contributed by atoms with Crippen molar-refractivity contribution in [2.45, 2.75) is 29.9 Å². The van der Waals surface area contributed by atoms with E-state index in [1.54, 1.807) is 6.92 Å². The Morgan fingerprint density at radius 1 is 1.33 bits per heavy atom. The second kappa shape index (κ2) is 5.43. The monoisotopic (exact) mass is 278 g/mol. The molecule has 0 heterocycles. The van der Waals surface area contributed by atoms with E-state index in [0.29, 0.717) is 0 Å². The number of sulfone groups is 1. The summed E-state index contributed by atoms with van der Waals surface area (Å²) in [5.74, 6) is -5.92. The summed E-state index contributed by atoms with van der Waals surface area (Å²) < 4.78 is 47.9. The molecular weight excluding hydrogens is 266 g/mol. The maximum atomic E-state index is 12.5. The molecule has 0 aromatic heterocycles. The highest BCUT2D eigenvalue weighted by molar-refractivity contribution is 7.91. The Morgan fingerprint density at radius 2 is 1.89 bits per heavy atom. The van der Waals surface area contributed by atoms with Crippen molar-refractivity contribution in [2.75, 3.05) is 0 Å². The molecule has 0 saturated heterocycles. The zero-order valence-electron chi connectivity index (χ0n) is 9.51. The van der Waals surface area contributed by atoms with E-state index in [4.69, 9.17) is 5.11 Å². The normalized spacial score (nSPS) is 13.6. The third-order valence-electron chi connectivity index (χ3n) is 2.54. The molecule has 1 unspecified atom stereocenters.